The Labute approximate surface area is 90.2 Å². The summed E-state index contributed by atoms with van der Waals surface area (Å²) in [4.78, 5) is 22.5. The Kier molecular flexibility index (Phi) is 2.81. The van der Waals surface area contributed by atoms with Gasteiger partial charge in [-0.2, -0.15) is 0 Å². The van der Waals surface area contributed by atoms with Crippen molar-refractivity contribution in [2.24, 2.45) is 11.3 Å². The van der Waals surface area contributed by atoms with E-state index in [2.05, 4.69) is 11.7 Å². The lowest BCUT2D eigenvalue weighted by Gasteiger charge is -2.41. The van der Waals surface area contributed by atoms with Gasteiger partial charge >= 0.3 is 11.9 Å². The van der Waals surface area contributed by atoms with Crippen molar-refractivity contribution < 1.29 is 14.3 Å². The van der Waals surface area contributed by atoms with Crippen LogP contribution in [0.3, 0.4) is 0 Å². The Hall–Kier alpha value is -0.860. The number of rotatable bonds is 1. The summed E-state index contributed by atoms with van der Waals surface area (Å²) in [6.07, 6.45) is 6.92. The van der Waals surface area contributed by atoms with Crippen molar-refractivity contribution in [3.63, 3.8) is 0 Å². The highest BCUT2D eigenvalue weighted by Gasteiger charge is 2.41. The Morgan fingerprint density at radius 1 is 1.07 bits per heavy atom. The molecule has 0 spiro atoms. The van der Waals surface area contributed by atoms with Crippen LogP contribution in [-0.4, -0.2) is 11.9 Å². The van der Waals surface area contributed by atoms with Gasteiger partial charge in [-0.05, 0) is 24.2 Å². The molecule has 1 aliphatic heterocycles. The van der Waals surface area contributed by atoms with Crippen LogP contribution in [0.2, 0.25) is 0 Å². The molecule has 2 fully saturated rings. The van der Waals surface area contributed by atoms with Crippen molar-refractivity contribution in [3.8, 4) is 0 Å². The van der Waals surface area contributed by atoms with Gasteiger partial charge in [-0.15, -0.1) is 0 Å². The van der Waals surface area contributed by atoms with Crippen LogP contribution in [0.5, 0.6) is 0 Å². The Bertz CT molecular complexity index is 261. The minimum absolute atomic E-state index is 0.188. The third-order valence-electron chi connectivity index (χ3n) is 4.04. The summed E-state index contributed by atoms with van der Waals surface area (Å²) in [6, 6.07) is 0. The highest BCUT2D eigenvalue weighted by atomic mass is 16.6. The number of hydrogen-bond acceptors (Lipinski definition) is 3. The molecule has 0 aromatic carbocycles. The number of esters is 2. The second kappa shape index (κ2) is 3.95. The lowest BCUT2D eigenvalue weighted by Crippen LogP contribution is -2.37. The van der Waals surface area contributed by atoms with Crippen LogP contribution >= 0.6 is 0 Å². The number of hydrogen-bond donors (Lipinski definition) is 0. The number of ether oxygens (including phenoxy) is 1. The van der Waals surface area contributed by atoms with Crippen molar-refractivity contribution in [1.82, 2.24) is 0 Å². The standard InChI is InChI=1S/C12H18O3/c1-12(5-3-2-4-6-12)9-7-10(13)15-11(14)8-9/h9H,2-8H2,1H3. The van der Waals surface area contributed by atoms with Crippen LogP contribution in [0.4, 0.5) is 0 Å². The van der Waals surface area contributed by atoms with Gasteiger partial charge in [0.1, 0.15) is 0 Å². The van der Waals surface area contributed by atoms with Crippen molar-refractivity contribution in [3.05, 3.63) is 0 Å². The maximum absolute atomic E-state index is 11.2. The fourth-order valence-corrected chi connectivity index (χ4v) is 2.95. The molecule has 0 unspecified atom stereocenters. The third kappa shape index (κ3) is 2.21. The summed E-state index contributed by atoms with van der Waals surface area (Å²) < 4.78 is 4.57. The maximum Gasteiger partial charge on any atom is 0.313 e. The molecule has 3 heteroatoms. The molecule has 15 heavy (non-hydrogen) atoms. The van der Waals surface area contributed by atoms with Gasteiger partial charge in [0, 0.05) is 12.8 Å². The minimum Gasteiger partial charge on any atom is -0.393 e. The van der Waals surface area contributed by atoms with Gasteiger partial charge in [0.15, 0.2) is 0 Å². The van der Waals surface area contributed by atoms with E-state index in [4.69, 9.17) is 0 Å². The second-order valence-electron chi connectivity index (χ2n) is 5.17. The van der Waals surface area contributed by atoms with Crippen molar-refractivity contribution in [2.45, 2.75) is 51.9 Å². The largest absolute Gasteiger partial charge is 0.393 e. The molecule has 0 aromatic heterocycles. The van der Waals surface area contributed by atoms with E-state index in [0.717, 1.165) is 12.8 Å². The summed E-state index contributed by atoms with van der Waals surface area (Å²) in [7, 11) is 0. The molecule has 1 saturated heterocycles. The summed E-state index contributed by atoms with van der Waals surface area (Å²) >= 11 is 0. The molecule has 0 N–H and O–H groups in total. The van der Waals surface area contributed by atoms with Crippen LogP contribution in [0.25, 0.3) is 0 Å². The minimum atomic E-state index is -0.331. The molecule has 2 rings (SSSR count). The zero-order valence-corrected chi connectivity index (χ0v) is 9.25. The molecule has 1 aliphatic carbocycles. The molecule has 1 saturated carbocycles. The van der Waals surface area contributed by atoms with Crippen LogP contribution in [0, 0.1) is 11.3 Å². The number of carbonyl (C=O) groups is 2. The molecule has 3 nitrogen and oxygen atoms in total. The Balaban J connectivity index is 2.07. The van der Waals surface area contributed by atoms with E-state index in [9.17, 15) is 9.59 Å². The second-order valence-corrected chi connectivity index (χ2v) is 5.17. The van der Waals surface area contributed by atoms with Crippen LogP contribution in [0.15, 0.2) is 0 Å². The fourth-order valence-electron chi connectivity index (χ4n) is 2.95. The first-order valence-electron chi connectivity index (χ1n) is 5.84. The molecule has 1 heterocycles. The van der Waals surface area contributed by atoms with Gasteiger partial charge < -0.3 is 4.74 Å². The molecule has 0 aromatic rings. The molecule has 0 amide bonds. The quantitative estimate of drug-likeness (QED) is 0.493. The van der Waals surface area contributed by atoms with E-state index < -0.39 is 0 Å². The van der Waals surface area contributed by atoms with Gasteiger partial charge in [0.05, 0.1) is 0 Å². The molecule has 0 radical (unpaired) electrons. The van der Waals surface area contributed by atoms with E-state index in [0.29, 0.717) is 12.8 Å². The SMILES string of the molecule is CC1(C2CC(=O)OC(=O)C2)CCCCC1. The first-order chi connectivity index (χ1) is 7.10. The summed E-state index contributed by atoms with van der Waals surface area (Å²) in [5, 5.41) is 0. The van der Waals surface area contributed by atoms with Gasteiger partial charge in [-0.3, -0.25) is 9.59 Å². The fraction of sp³-hybridized carbons (Fsp3) is 0.833. The van der Waals surface area contributed by atoms with E-state index in [1.165, 1.54) is 19.3 Å². The van der Waals surface area contributed by atoms with Gasteiger partial charge in [0.25, 0.3) is 0 Å². The van der Waals surface area contributed by atoms with Crippen LogP contribution < -0.4 is 0 Å². The Morgan fingerprint density at radius 3 is 2.13 bits per heavy atom. The zero-order valence-electron chi connectivity index (χ0n) is 9.25. The van der Waals surface area contributed by atoms with E-state index >= 15 is 0 Å². The van der Waals surface area contributed by atoms with E-state index in [-0.39, 0.29) is 23.3 Å². The summed E-state index contributed by atoms with van der Waals surface area (Å²) in [5.41, 5.74) is 0.188. The van der Waals surface area contributed by atoms with Gasteiger partial charge in [-0.25, -0.2) is 0 Å². The number of cyclic esters (lactones) is 2. The lowest BCUT2D eigenvalue weighted by atomic mass is 9.65. The lowest BCUT2D eigenvalue weighted by molar-refractivity contribution is -0.168. The highest BCUT2D eigenvalue weighted by Crippen LogP contribution is 2.46. The normalized spacial score (nSPS) is 27.5. The highest BCUT2D eigenvalue weighted by molar-refractivity contribution is 5.88. The monoisotopic (exact) mass is 210 g/mol. The predicted octanol–water partition coefficient (Wildman–Crippen LogP) is 2.44. The van der Waals surface area contributed by atoms with E-state index in [1.807, 2.05) is 0 Å². The third-order valence-corrected chi connectivity index (χ3v) is 4.04. The first-order valence-corrected chi connectivity index (χ1v) is 5.84. The molecule has 2 aliphatic rings. The maximum atomic E-state index is 11.2. The van der Waals surface area contributed by atoms with Gasteiger partial charge in [0.2, 0.25) is 0 Å². The average molecular weight is 210 g/mol. The molecular weight excluding hydrogens is 192 g/mol. The smallest absolute Gasteiger partial charge is 0.313 e. The summed E-state index contributed by atoms with van der Waals surface area (Å²) in [6.45, 7) is 2.22. The van der Waals surface area contributed by atoms with Crippen molar-refractivity contribution in [2.75, 3.05) is 0 Å². The zero-order chi connectivity index (χ0) is 10.9. The van der Waals surface area contributed by atoms with Gasteiger partial charge in [-0.1, -0.05) is 26.2 Å². The van der Waals surface area contributed by atoms with Crippen molar-refractivity contribution >= 4 is 11.9 Å². The van der Waals surface area contributed by atoms with Crippen molar-refractivity contribution in [1.29, 1.82) is 0 Å². The molecule has 0 bridgehead atoms. The summed E-state index contributed by atoms with van der Waals surface area (Å²) in [5.74, 6) is -0.447. The van der Waals surface area contributed by atoms with Crippen LogP contribution in [-0.2, 0) is 14.3 Å². The average Bonchev–Trinajstić information content (AvgIpc) is 2.17. The van der Waals surface area contributed by atoms with Crippen LogP contribution in [0.1, 0.15) is 51.9 Å². The molecule has 84 valence electrons. The first kappa shape index (κ1) is 10.7. The molecular formula is C12H18O3. The Morgan fingerprint density at radius 2 is 1.60 bits per heavy atom. The number of carbonyl (C=O) groups excluding carboxylic acids is 2. The van der Waals surface area contributed by atoms with E-state index in [1.54, 1.807) is 0 Å². The topological polar surface area (TPSA) is 43.4 Å². The predicted molar refractivity (Wildman–Crippen MR) is 55.0 cm³/mol. The molecule has 0 atom stereocenters.